The van der Waals surface area contributed by atoms with Crippen LogP contribution < -0.4 is 5.32 Å². The average Bonchev–Trinajstić information content (AvgIpc) is 3.24. The number of carbonyl (C=O) groups is 2. The molecule has 0 aromatic rings. The smallest absolute Gasteiger partial charge is 0.217 e. The molecule has 1 heterocycles. The van der Waals surface area contributed by atoms with Crippen LogP contribution in [0.25, 0.3) is 0 Å². The second-order valence-electron chi connectivity index (χ2n) is 10.1. The molecule has 3 aliphatic carbocycles. The van der Waals surface area contributed by atoms with E-state index in [1.165, 1.54) is 0 Å². The monoisotopic (exact) mass is 447 g/mol. The van der Waals surface area contributed by atoms with Gasteiger partial charge in [0.05, 0.1) is 12.2 Å². The van der Waals surface area contributed by atoms with Crippen LogP contribution in [0.2, 0.25) is 0 Å². The van der Waals surface area contributed by atoms with Crippen molar-refractivity contribution >= 4 is 11.6 Å². The molecule has 32 heavy (non-hydrogen) atoms. The van der Waals surface area contributed by atoms with Crippen molar-refractivity contribution < 1.29 is 29.3 Å². The molecule has 7 heteroatoms. The van der Waals surface area contributed by atoms with Crippen molar-refractivity contribution in [1.29, 1.82) is 0 Å². The summed E-state index contributed by atoms with van der Waals surface area (Å²) in [4.78, 5) is 25.3. The number of ether oxygens (including phenoxy) is 2. The highest BCUT2D eigenvalue weighted by molar-refractivity contribution is 5.99. The number of aliphatic hydroxyl groups is 2. The highest BCUT2D eigenvalue weighted by Gasteiger charge is 2.74. The molecule has 0 bridgehead atoms. The summed E-state index contributed by atoms with van der Waals surface area (Å²) < 4.78 is 12.4. The molecular weight excluding hydrogens is 410 g/mol. The molecule has 8 atom stereocenters. The van der Waals surface area contributed by atoms with Gasteiger partial charge in [-0.1, -0.05) is 32.4 Å². The SMILES string of the molecule is CC/C=C\C(=O)/C=C1/CC[C@@H]2[C@@H](C1)[C@@H](O)C[C@@]1(C)[C@H]2C[C@H]2OC(NCC)O[C@]21C(=O)CO. The predicted molar refractivity (Wildman–Crippen MR) is 118 cm³/mol. The summed E-state index contributed by atoms with van der Waals surface area (Å²) in [6.07, 6.45) is 7.80. The highest BCUT2D eigenvalue weighted by Crippen LogP contribution is 2.66. The molecule has 7 nitrogen and oxygen atoms in total. The van der Waals surface area contributed by atoms with Gasteiger partial charge in [-0.2, -0.15) is 0 Å². The molecule has 178 valence electrons. The van der Waals surface area contributed by atoms with Crippen LogP contribution in [-0.4, -0.2) is 59.2 Å². The van der Waals surface area contributed by atoms with Crippen molar-refractivity contribution in [2.75, 3.05) is 13.2 Å². The van der Waals surface area contributed by atoms with Crippen molar-refractivity contribution in [3.8, 4) is 0 Å². The summed E-state index contributed by atoms with van der Waals surface area (Å²) in [5.74, 6) is 0.0794. The fraction of sp³-hybridized carbons (Fsp3) is 0.760. The first-order valence-corrected chi connectivity index (χ1v) is 12.1. The molecule has 4 aliphatic rings. The minimum absolute atomic E-state index is 0.00889. The topological polar surface area (TPSA) is 105 Å². The van der Waals surface area contributed by atoms with E-state index in [-0.39, 0.29) is 29.3 Å². The number of fused-ring (bicyclic) bond motifs is 5. The number of aliphatic hydroxyl groups excluding tert-OH is 2. The third-order valence-electron chi connectivity index (χ3n) is 8.45. The van der Waals surface area contributed by atoms with Gasteiger partial charge < -0.3 is 19.7 Å². The van der Waals surface area contributed by atoms with Crippen molar-refractivity contribution in [2.24, 2.45) is 23.2 Å². The minimum Gasteiger partial charge on any atom is -0.393 e. The van der Waals surface area contributed by atoms with Crippen molar-refractivity contribution in [1.82, 2.24) is 5.32 Å². The summed E-state index contributed by atoms with van der Waals surface area (Å²) >= 11 is 0. The molecule has 3 saturated carbocycles. The van der Waals surface area contributed by atoms with Gasteiger partial charge in [-0.3, -0.25) is 14.9 Å². The number of nitrogens with one attached hydrogen (secondary N) is 1. The van der Waals surface area contributed by atoms with E-state index in [1.807, 2.05) is 26.8 Å². The van der Waals surface area contributed by atoms with E-state index >= 15 is 0 Å². The van der Waals surface area contributed by atoms with Crippen molar-refractivity contribution in [3.05, 3.63) is 23.8 Å². The van der Waals surface area contributed by atoms with Crippen LogP contribution in [0.5, 0.6) is 0 Å². The van der Waals surface area contributed by atoms with Gasteiger partial charge in [0, 0.05) is 5.41 Å². The maximum absolute atomic E-state index is 13.1. The maximum atomic E-state index is 13.1. The molecule has 0 radical (unpaired) electrons. The Hall–Kier alpha value is -1.38. The van der Waals surface area contributed by atoms with E-state index in [1.54, 1.807) is 12.2 Å². The quantitative estimate of drug-likeness (QED) is 0.514. The Kier molecular flexibility index (Phi) is 6.76. The Morgan fingerprint density at radius 2 is 2.06 bits per heavy atom. The van der Waals surface area contributed by atoms with Crippen LogP contribution in [0, 0.1) is 23.2 Å². The number of ketones is 2. The third kappa shape index (κ3) is 3.62. The average molecular weight is 448 g/mol. The standard InChI is InChI=1S/C25H37NO6/c1-4-6-7-16(28)10-15-8-9-17-18(11-15)20(29)13-24(3)19(17)12-22-25(24,21(30)14-27)32-23(31-22)26-5-2/h6-7,10,17-20,22-23,26-27,29H,4-5,8-9,11-14H2,1-3H3/b7-6-,15-10-/t17-,18-,19+,20+,22-,23?,24+,25-/m1/s1. The van der Waals surface area contributed by atoms with Gasteiger partial charge in [0.15, 0.2) is 17.2 Å². The van der Waals surface area contributed by atoms with Gasteiger partial charge in [-0.05, 0) is 75.0 Å². The Morgan fingerprint density at radius 1 is 1.28 bits per heavy atom. The molecular formula is C25H37NO6. The number of allylic oxidation sites excluding steroid dienone is 4. The molecule has 0 aromatic carbocycles. The number of carbonyl (C=O) groups excluding carboxylic acids is 2. The number of hydrogen-bond donors (Lipinski definition) is 3. The van der Waals surface area contributed by atoms with Crippen molar-refractivity contribution in [2.45, 2.75) is 83.5 Å². The van der Waals surface area contributed by atoms with Gasteiger partial charge in [0.2, 0.25) is 6.41 Å². The number of hydrogen-bond acceptors (Lipinski definition) is 7. The molecule has 0 spiro atoms. The zero-order valence-corrected chi connectivity index (χ0v) is 19.4. The van der Waals surface area contributed by atoms with Crippen LogP contribution >= 0.6 is 0 Å². The summed E-state index contributed by atoms with van der Waals surface area (Å²) in [7, 11) is 0. The lowest BCUT2D eigenvalue weighted by atomic mass is 9.52. The lowest BCUT2D eigenvalue weighted by molar-refractivity contribution is -0.198. The third-order valence-corrected chi connectivity index (χ3v) is 8.45. The van der Waals surface area contributed by atoms with E-state index in [2.05, 4.69) is 5.32 Å². The predicted octanol–water partition coefficient (Wildman–Crippen LogP) is 2.26. The second kappa shape index (κ2) is 9.11. The van der Waals surface area contributed by atoms with Gasteiger partial charge in [0.1, 0.15) is 6.61 Å². The Labute approximate surface area is 190 Å². The minimum atomic E-state index is -1.25. The molecule has 3 N–H and O–H groups in total. The number of rotatable bonds is 7. The van der Waals surface area contributed by atoms with E-state index in [9.17, 15) is 19.8 Å². The van der Waals surface area contributed by atoms with Crippen LogP contribution in [-0.2, 0) is 19.1 Å². The fourth-order valence-corrected chi connectivity index (χ4v) is 7.14. The lowest BCUT2D eigenvalue weighted by Gasteiger charge is -2.55. The first kappa shape index (κ1) is 23.8. The maximum Gasteiger partial charge on any atom is 0.217 e. The van der Waals surface area contributed by atoms with E-state index < -0.39 is 36.2 Å². The lowest BCUT2D eigenvalue weighted by Crippen LogP contribution is -2.62. The van der Waals surface area contributed by atoms with Gasteiger partial charge in [-0.15, -0.1) is 0 Å². The van der Waals surface area contributed by atoms with E-state index in [0.29, 0.717) is 25.8 Å². The molecule has 1 saturated heterocycles. The fourth-order valence-electron chi connectivity index (χ4n) is 7.14. The van der Waals surface area contributed by atoms with Crippen LogP contribution in [0.3, 0.4) is 0 Å². The number of Topliss-reactive ketones (excluding diaryl/α,β-unsaturated/α-hetero) is 1. The van der Waals surface area contributed by atoms with Gasteiger partial charge in [-0.25, -0.2) is 0 Å². The van der Waals surface area contributed by atoms with Crippen LogP contribution in [0.4, 0.5) is 0 Å². The van der Waals surface area contributed by atoms with Gasteiger partial charge >= 0.3 is 0 Å². The summed E-state index contributed by atoms with van der Waals surface area (Å²) in [6, 6.07) is 0. The normalized spacial score (nSPS) is 44.5. The highest BCUT2D eigenvalue weighted by atomic mass is 16.8. The Balaban J connectivity index is 1.60. The summed E-state index contributed by atoms with van der Waals surface area (Å²) in [5.41, 5.74) is -0.774. The first-order chi connectivity index (χ1) is 15.3. The zero-order valence-electron chi connectivity index (χ0n) is 19.4. The zero-order chi connectivity index (χ0) is 23.1. The molecule has 4 fully saturated rings. The summed E-state index contributed by atoms with van der Waals surface area (Å²) in [5, 5.41) is 24.2. The van der Waals surface area contributed by atoms with Crippen molar-refractivity contribution in [3.63, 3.8) is 0 Å². The summed E-state index contributed by atoms with van der Waals surface area (Å²) in [6.45, 7) is 6.00. The van der Waals surface area contributed by atoms with E-state index in [4.69, 9.17) is 9.47 Å². The molecule has 1 aliphatic heterocycles. The van der Waals surface area contributed by atoms with E-state index in [0.717, 1.165) is 24.8 Å². The Bertz CT molecular complexity index is 808. The Morgan fingerprint density at radius 3 is 2.75 bits per heavy atom. The molecule has 4 rings (SSSR count). The van der Waals surface area contributed by atoms with Gasteiger partial charge in [0.25, 0.3) is 0 Å². The largest absolute Gasteiger partial charge is 0.393 e. The first-order valence-electron chi connectivity index (χ1n) is 12.1. The molecule has 0 amide bonds. The van der Waals surface area contributed by atoms with Crippen LogP contribution in [0.1, 0.15) is 59.3 Å². The molecule has 0 aromatic heterocycles. The van der Waals surface area contributed by atoms with Crippen LogP contribution in [0.15, 0.2) is 23.8 Å². The molecule has 1 unspecified atom stereocenters. The second-order valence-corrected chi connectivity index (χ2v) is 10.1.